The summed E-state index contributed by atoms with van der Waals surface area (Å²) in [6.07, 6.45) is 6.53. The first-order valence-electron chi connectivity index (χ1n) is 11.0. The van der Waals surface area contributed by atoms with Gasteiger partial charge in [0.1, 0.15) is 10.4 Å². The predicted octanol–water partition coefficient (Wildman–Crippen LogP) is 2.28. The van der Waals surface area contributed by atoms with Crippen LogP contribution in [0.15, 0.2) is 72.0 Å². The van der Waals surface area contributed by atoms with Crippen molar-refractivity contribution in [3.05, 3.63) is 72.7 Å². The summed E-state index contributed by atoms with van der Waals surface area (Å²) in [5, 5.41) is 18.5. The van der Waals surface area contributed by atoms with Crippen LogP contribution in [-0.2, 0) is 10.0 Å². The summed E-state index contributed by atoms with van der Waals surface area (Å²) in [6.45, 7) is 0.705. The number of allylic oxidation sites excluding steroid dienone is 1. The van der Waals surface area contributed by atoms with Crippen LogP contribution in [0.25, 0.3) is 11.0 Å². The van der Waals surface area contributed by atoms with E-state index in [0.717, 1.165) is 0 Å². The lowest BCUT2D eigenvalue weighted by Crippen LogP contribution is -2.47. The summed E-state index contributed by atoms with van der Waals surface area (Å²) in [5.74, 6) is -0.206. The number of aromatic nitrogens is 2. The number of para-hydroxylation sites is 1. The van der Waals surface area contributed by atoms with Crippen LogP contribution in [0.5, 0.6) is 0 Å². The Labute approximate surface area is 203 Å². The minimum Gasteiger partial charge on any atom is -0.405 e. The fourth-order valence-corrected chi connectivity index (χ4v) is 5.31. The molecule has 1 fully saturated rings. The highest BCUT2D eigenvalue weighted by molar-refractivity contribution is 7.93. The molecule has 0 bridgehead atoms. The number of hydrogen-bond acceptors (Lipinski definition) is 8. The zero-order valence-electron chi connectivity index (χ0n) is 18.9. The van der Waals surface area contributed by atoms with Gasteiger partial charge in [0, 0.05) is 48.9 Å². The Bertz CT molecular complexity index is 1380. The van der Waals surface area contributed by atoms with E-state index in [2.05, 4.69) is 14.7 Å². The molecule has 1 amide bonds. The lowest BCUT2D eigenvalue weighted by Gasteiger charge is -2.38. The topological polar surface area (TPSA) is 162 Å². The number of nitrogens with zero attached hydrogens (tertiary/aromatic N) is 3. The zero-order chi connectivity index (χ0) is 25.1. The van der Waals surface area contributed by atoms with Gasteiger partial charge in [0.2, 0.25) is 0 Å². The van der Waals surface area contributed by atoms with Crippen LogP contribution in [0.4, 0.5) is 5.69 Å². The molecule has 35 heavy (non-hydrogen) atoms. The third kappa shape index (κ3) is 5.47. The lowest BCUT2D eigenvalue weighted by atomic mass is 9.86. The van der Waals surface area contributed by atoms with Crippen molar-refractivity contribution in [1.82, 2.24) is 14.9 Å². The summed E-state index contributed by atoms with van der Waals surface area (Å²) >= 11 is 0. The average Bonchev–Trinajstić information content (AvgIpc) is 2.84. The van der Waals surface area contributed by atoms with Crippen molar-refractivity contribution in [3.63, 3.8) is 0 Å². The van der Waals surface area contributed by atoms with E-state index in [1.807, 2.05) is 0 Å². The van der Waals surface area contributed by atoms with Crippen LogP contribution < -0.4 is 10.5 Å². The Kier molecular flexibility index (Phi) is 6.81. The van der Waals surface area contributed by atoms with Crippen molar-refractivity contribution < 1.29 is 18.3 Å². The van der Waals surface area contributed by atoms with Crippen molar-refractivity contribution in [2.24, 2.45) is 5.73 Å². The van der Waals surface area contributed by atoms with Gasteiger partial charge in [-0.3, -0.25) is 19.5 Å². The third-order valence-electron chi connectivity index (χ3n) is 5.93. The molecule has 0 atom stereocenters. The van der Waals surface area contributed by atoms with E-state index in [0.29, 0.717) is 42.7 Å². The number of sulfonamides is 1. The number of likely N-dealkylation sites (tertiary alicyclic amines) is 1. The Morgan fingerprint density at radius 3 is 2.51 bits per heavy atom. The first-order valence-corrected chi connectivity index (χ1v) is 12.5. The zero-order valence-corrected chi connectivity index (χ0v) is 19.7. The number of nitrogens with two attached hydrogens (primary N) is 1. The normalized spacial score (nSPS) is 15.9. The molecule has 1 aliphatic rings. The SMILES string of the molecule is N=C(/C=C\N)CC1(O)CCN(C(=O)c2ccc(NS(=O)(=O)c3cccc4nccnc34)cc2)CC1. The standard InChI is InChI=1S/C24H26N6O4S/c25-11-8-18(26)16-24(32)9-14-30(15-10-24)23(31)17-4-6-19(7-5-17)29-35(33,34)21-3-1-2-20-22(21)28-13-12-27-20/h1-8,11-13,26,29,32H,9-10,14-16,25H2/b11-8-,26-18?. The van der Waals surface area contributed by atoms with E-state index in [1.165, 1.54) is 42.9 Å². The highest BCUT2D eigenvalue weighted by Crippen LogP contribution is 2.28. The van der Waals surface area contributed by atoms with E-state index in [1.54, 1.807) is 29.2 Å². The highest BCUT2D eigenvalue weighted by Gasteiger charge is 2.34. The average molecular weight is 495 g/mol. The van der Waals surface area contributed by atoms with Crippen molar-refractivity contribution in [1.29, 1.82) is 5.41 Å². The fourth-order valence-electron chi connectivity index (χ4n) is 4.09. The molecule has 0 saturated carbocycles. The maximum Gasteiger partial charge on any atom is 0.264 e. The molecular weight excluding hydrogens is 468 g/mol. The van der Waals surface area contributed by atoms with E-state index in [9.17, 15) is 18.3 Å². The van der Waals surface area contributed by atoms with Gasteiger partial charge < -0.3 is 21.1 Å². The summed E-state index contributed by atoms with van der Waals surface area (Å²) in [7, 11) is -3.93. The summed E-state index contributed by atoms with van der Waals surface area (Å²) in [5.41, 5.74) is 5.96. The van der Waals surface area contributed by atoms with Crippen LogP contribution in [0.1, 0.15) is 29.6 Å². The van der Waals surface area contributed by atoms with Crippen LogP contribution >= 0.6 is 0 Å². The molecule has 0 aliphatic carbocycles. The number of amides is 1. The molecule has 5 N–H and O–H groups in total. The molecule has 3 aromatic rings. The number of benzene rings is 2. The van der Waals surface area contributed by atoms with Gasteiger partial charge in [-0.05, 0) is 61.5 Å². The van der Waals surface area contributed by atoms with Crippen molar-refractivity contribution >= 4 is 38.4 Å². The number of fused-ring (bicyclic) bond motifs is 1. The first kappa shape index (κ1) is 24.3. The van der Waals surface area contributed by atoms with Gasteiger partial charge in [-0.25, -0.2) is 8.42 Å². The van der Waals surface area contributed by atoms with Crippen molar-refractivity contribution in [2.75, 3.05) is 17.8 Å². The number of anilines is 1. The van der Waals surface area contributed by atoms with Crippen molar-refractivity contribution in [3.8, 4) is 0 Å². The number of aliphatic hydroxyl groups is 1. The van der Waals surface area contributed by atoms with Crippen molar-refractivity contribution in [2.45, 2.75) is 29.8 Å². The number of nitrogens with one attached hydrogen (secondary N) is 2. The second-order valence-electron chi connectivity index (χ2n) is 8.44. The number of hydrogen-bond donors (Lipinski definition) is 4. The van der Waals surface area contributed by atoms with Crippen LogP contribution in [0.3, 0.4) is 0 Å². The molecule has 4 rings (SSSR count). The minimum atomic E-state index is -3.93. The highest BCUT2D eigenvalue weighted by atomic mass is 32.2. The monoisotopic (exact) mass is 494 g/mol. The van der Waals surface area contributed by atoms with Gasteiger partial charge in [0.15, 0.2) is 0 Å². The Hall–Kier alpha value is -3.83. The maximum absolute atomic E-state index is 13.0. The van der Waals surface area contributed by atoms with E-state index < -0.39 is 15.6 Å². The molecule has 1 aromatic heterocycles. The maximum atomic E-state index is 13.0. The number of piperidine rings is 1. The summed E-state index contributed by atoms with van der Waals surface area (Å²) in [6, 6.07) is 10.9. The Morgan fingerprint density at radius 1 is 1.14 bits per heavy atom. The molecule has 10 nitrogen and oxygen atoms in total. The summed E-state index contributed by atoms with van der Waals surface area (Å²) < 4.78 is 28.4. The molecule has 1 aliphatic heterocycles. The van der Waals surface area contributed by atoms with Crippen LogP contribution in [0.2, 0.25) is 0 Å². The fraction of sp³-hybridized carbons (Fsp3) is 0.250. The second kappa shape index (κ2) is 9.80. The van der Waals surface area contributed by atoms with E-state index >= 15 is 0 Å². The second-order valence-corrected chi connectivity index (χ2v) is 10.1. The van der Waals surface area contributed by atoms with Gasteiger partial charge >= 0.3 is 0 Å². The molecule has 11 heteroatoms. The number of carbonyl (C=O) groups is 1. The summed E-state index contributed by atoms with van der Waals surface area (Å²) in [4.78, 5) is 22.9. The molecule has 0 spiro atoms. The third-order valence-corrected chi connectivity index (χ3v) is 7.35. The smallest absolute Gasteiger partial charge is 0.264 e. The molecular formula is C24H26N6O4S. The quantitative estimate of drug-likeness (QED) is 0.366. The van der Waals surface area contributed by atoms with Gasteiger partial charge in [0.25, 0.3) is 15.9 Å². The number of carbonyl (C=O) groups excluding carboxylic acids is 1. The largest absolute Gasteiger partial charge is 0.405 e. The molecule has 0 radical (unpaired) electrons. The molecule has 1 saturated heterocycles. The van der Waals surface area contributed by atoms with E-state index in [4.69, 9.17) is 11.1 Å². The lowest BCUT2D eigenvalue weighted by molar-refractivity contribution is -0.0109. The molecule has 182 valence electrons. The van der Waals surface area contributed by atoms with E-state index in [-0.39, 0.29) is 28.5 Å². The molecule has 0 unspecified atom stereocenters. The molecule has 2 heterocycles. The first-order chi connectivity index (χ1) is 16.7. The number of rotatable bonds is 7. The Morgan fingerprint density at radius 2 is 1.83 bits per heavy atom. The molecule has 2 aromatic carbocycles. The predicted molar refractivity (Wildman–Crippen MR) is 133 cm³/mol. The van der Waals surface area contributed by atoms with Gasteiger partial charge in [0.05, 0.1) is 11.1 Å². The van der Waals surface area contributed by atoms with Gasteiger partial charge in [-0.2, -0.15) is 0 Å². The minimum absolute atomic E-state index is 0.0130. The van der Waals surface area contributed by atoms with Gasteiger partial charge in [-0.15, -0.1) is 0 Å². The van der Waals surface area contributed by atoms with Crippen LogP contribution in [0, 0.1) is 5.41 Å². The van der Waals surface area contributed by atoms with Crippen LogP contribution in [-0.4, -0.2) is 58.7 Å². The van der Waals surface area contributed by atoms with Gasteiger partial charge in [-0.1, -0.05) is 6.07 Å². The Balaban J connectivity index is 1.42.